The van der Waals surface area contributed by atoms with E-state index in [9.17, 15) is 17.2 Å². The third kappa shape index (κ3) is 4.01. The topological polar surface area (TPSA) is 55.4 Å². The molecule has 1 heterocycles. The summed E-state index contributed by atoms with van der Waals surface area (Å²) in [5.41, 5.74) is 1.44. The minimum Gasteiger partial charge on any atom is -0.384 e. The minimum absolute atomic E-state index is 0.213. The molecule has 1 N–H and O–H groups in total. The number of halogens is 2. The second-order valence-electron chi connectivity index (χ2n) is 4.67. The van der Waals surface area contributed by atoms with E-state index in [1.807, 2.05) is 6.08 Å². The van der Waals surface area contributed by atoms with E-state index < -0.39 is 15.6 Å². The molecule has 1 aliphatic heterocycles. The molecule has 0 bridgehead atoms. The van der Waals surface area contributed by atoms with Gasteiger partial charge in [0.2, 0.25) is 9.84 Å². The lowest BCUT2D eigenvalue weighted by molar-refractivity contribution is 0.153. The van der Waals surface area contributed by atoms with Gasteiger partial charge in [-0.05, 0) is 25.0 Å². The predicted octanol–water partition coefficient (Wildman–Crippen LogP) is 2.83. The molecule has 0 saturated heterocycles. The molecule has 116 valence electrons. The van der Waals surface area contributed by atoms with Crippen molar-refractivity contribution in [1.29, 1.82) is 0 Å². The van der Waals surface area contributed by atoms with Crippen LogP contribution < -0.4 is 5.32 Å². The number of nitrogens with one attached hydrogen (secondary N) is 1. The minimum atomic E-state index is -4.59. The molecule has 0 aliphatic carbocycles. The molecule has 0 amide bonds. The molecule has 2 rings (SSSR count). The van der Waals surface area contributed by atoms with Crippen LogP contribution in [0.5, 0.6) is 0 Å². The first-order valence-electron chi connectivity index (χ1n) is 6.62. The Bertz CT molecular complexity index is 614. The first-order chi connectivity index (χ1) is 10.0. The number of hydrogen-bond donors (Lipinski definition) is 1. The van der Waals surface area contributed by atoms with Gasteiger partial charge in [-0.3, -0.25) is 0 Å². The summed E-state index contributed by atoms with van der Waals surface area (Å²) in [6.45, 7) is 1.76. The second-order valence-corrected chi connectivity index (χ2v) is 6.55. The summed E-state index contributed by atoms with van der Waals surface area (Å²) in [6, 6.07) is 5.73. The number of benzene rings is 1. The Morgan fingerprint density at radius 1 is 1.29 bits per heavy atom. The zero-order chi connectivity index (χ0) is 15.3. The van der Waals surface area contributed by atoms with Gasteiger partial charge in [0.1, 0.15) is 0 Å². The molecule has 0 aromatic heterocycles. The van der Waals surface area contributed by atoms with Crippen LogP contribution in [0.15, 0.2) is 40.8 Å². The Hall–Kier alpha value is -1.47. The lowest BCUT2D eigenvalue weighted by Crippen LogP contribution is -2.15. The summed E-state index contributed by atoms with van der Waals surface area (Å²) < 4.78 is 53.7. The van der Waals surface area contributed by atoms with Crippen molar-refractivity contribution in [2.45, 2.75) is 23.5 Å². The zero-order valence-corrected chi connectivity index (χ0v) is 12.2. The predicted molar refractivity (Wildman–Crippen MR) is 76.3 cm³/mol. The number of anilines is 1. The van der Waals surface area contributed by atoms with Crippen molar-refractivity contribution >= 4 is 15.5 Å². The summed E-state index contributed by atoms with van der Waals surface area (Å²) in [6.07, 6.45) is 3.57. The van der Waals surface area contributed by atoms with Gasteiger partial charge < -0.3 is 10.1 Å². The maximum Gasteiger partial charge on any atom is 0.341 e. The van der Waals surface area contributed by atoms with Gasteiger partial charge >= 0.3 is 5.76 Å². The van der Waals surface area contributed by atoms with Crippen molar-refractivity contribution in [3.63, 3.8) is 0 Å². The highest BCUT2D eigenvalue weighted by Gasteiger charge is 2.28. The average Bonchev–Trinajstić information content (AvgIpc) is 2.48. The molecule has 0 atom stereocenters. The van der Waals surface area contributed by atoms with E-state index in [1.165, 1.54) is 23.8 Å². The molecule has 1 aromatic carbocycles. The zero-order valence-electron chi connectivity index (χ0n) is 11.4. The van der Waals surface area contributed by atoms with Crippen LogP contribution in [0.1, 0.15) is 12.8 Å². The first kappa shape index (κ1) is 15.9. The van der Waals surface area contributed by atoms with Gasteiger partial charge in [-0.15, -0.1) is 0 Å². The summed E-state index contributed by atoms with van der Waals surface area (Å²) in [5.74, 6) is -3.42. The molecule has 21 heavy (non-hydrogen) atoms. The molecule has 1 aromatic rings. The average molecular weight is 317 g/mol. The van der Waals surface area contributed by atoms with Crippen LogP contribution in [0.4, 0.5) is 14.5 Å². The van der Waals surface area contributed by atoms with Crippen LogP contribution in [-0.4, -0.2) is 33.9 Å². The van der Waals surface area contributed by atoms with Crippen LogP contribution in [0.25, 0.3) is 0 Å². The number of sulfone groups is 1. The summed E-state index contributed by atoms with van der Waals surface area (Å²) in [5, 5.41) is 2.93. The Morgan fingerprint density at radius 3 is 2.71 bits per heavy atom. The van der Waals surface area contributed by atoms with E-state index in [1.54, 1.807) is 6.07 Å². The standard InChI is InChI=1S/C14H17F2NO3S/c15-14(16)21(18,19)13-4-2-1-3-12(13)17-8-5-11-6-9-20-10-7-11/h1-4,6,14,17H,5,7-10H2. The monoisotopic (exact) mass is 317 g/mol. The van der Waals surface area contributed by atoms with E-state index in [2.05, 4.69) is 5.32 Å². The normalized spacial score (nSPS) is 15.9. The van der Waals surface area contributed by atoms with Gasteiger partial charge in [0.05, 0.1) is 23.8 Å². The summed E-state index contributed by atoms with van der Waals surface area (Å²) >= 11 is 0. The Balaban J connectivity index is 2.05. The lowest BCUT2D eigenvalue weighted by atomic mass is 10.1. The summed E-state index contributed by atoms with van der Waals surface area (Å²) in [4.78, 5) is -0.360. The Labute approximate surface area is 122 Å². The van der Waals surface area contributed by atoms with E-state index in [4.69, 9.17) is 4.74 Å². The van der Waals surface area contributed by atoms with Crippen molar-refractivity contribution in [2.24, 2.45) is 0 Å². The third-order valence-corrected chi connectivity index (χ3v) is 4.69. The van der Waals surface area contributed by atoms with E-state index in [0.717, 1.165) is 12.8 Å². The maximum atomic E-state index is 12.7. The van der Waals surface area contributed by atoms with Gasteiger partial charge in [-0.25, -0.2) is 8.42 Å². The molecule has 0 saturated carbocycles. The van der Waals surface area contributed by atoms with E-state index in [0.29, 0.717) is 19.8 Å². The Kier molecular flexibility index (Phi) is 5.30. The molecule has 0 unspecified atom stereocenters. The van der Waals surface area contributed by atoms with Crippen molar-refractivity contribution in [3.05, 3.63) is 35.9 Å². The van der Waals surface area contributed by atoms with Crippen molar-refractivity contribution in [2.75, 3.05) is 25.1 Å². The highest BCUT2D eigenvalue weighted by atomic mass is 32.2. The SMILES string of the molecule is O=S(=O)(c1ccccc1NCCC1=CCOCC1)C(F)F. The second kappa shape index (κ2) is 7.00. The van der Waals surface area contributed by atoms with Crippen LogP contribution in [0.3, 0.4) is 0 Å². The van der Waals surface area contributed by atoms with Crippen LogP contribution >= 0.6 is 0 Å². The van der Waals surface area contributed by atoms with Gasteiger partial charge in [-0.1, -0.05) is 23.8 Å². The van der Waals surface area contributed by atoms with Gasteiger partial charge in [0.15, 0.2) is 0 Å². The van der Waals surface area contributed by atoms with Gasteiger partial charge in [0.25, 0.3) is 0 Å². The van der Waals surface area contributed by atoms with E-state index in [-0.39, 0.29) is 10.6 Å². The third-order valence-electron chi connectivity index (χ3n) is 3.25. The Morgan fingerprint density at radius 2 is 2.05 bits per heavy atom. The fraction of sp³-hybridized carbons (Fsp3) is 0.429. The first-order valence-corrected chi connectivity index (χ1v) is 8.17. The largest absolute Gasteiger partial charge is 0.384 e. The quantitative estimate of drug-likeness (QED) is 0.820. The van der Waals surface area contributed by atoms with E-state index >= 15 is 0 Å². The van der Waals surface area contributed by atoms with Gasteiger partial charge in [-0.2, -0.15) is 8.78 Å². The molecular formula is C14H17F2NO3S. The molecule has 4 nitrogen and oxygen atoms in total. The molecule has 0 radical (unpaired) electrons. The highest BCUT2D eigenvalue weighted by Crippen LogP contribution is 2.26. The van der Waals surface area contributed by atoms with Crippen molar-refractivity contribution in [3.8, 4) is 0 Å². The highest BCUT2D eigenvalue weighted by molar-refractivity contribution is 7.91. The molecule has 7 heteroatoms. The fourth-order valence-corrected chi connectivity index (χ4v) is 3.01. The lowest BCUT2D eigenvalue weighted by Gasteiger charge is -2.15. The van der Waals surface area contributed by atoms with Crippen LogP contribution in [-0.2, 0) is 14.6 Å². The molecule has 1 aliphatic rings. The fourth-order valence-electron chi connectivity index (χ4n) is 2.11. The number of para-hydroxylation sites is 1. The van der Waals surface area contributed by atoms with Gasteiger partial charge in [0, 0.05) is 6.54 Å². The number of ether oxygens (including phenoxy) is 1. The molecular weight excluding hydrogens is 300 g/mol. The summed E-state index contributed by atoms with van der Waals surface area (Å²) in [7, 11) is -4.59. The van der Waals surface area contributed by atoms with Crippen molar-refractivity contribution < 1.29 is 21.9 Å². The number of rotatable bonds is 6. The van der Waals surface area contributed by atoms with Crippen molar-refractivity contribution in [1.82, 2.24) is 0 Å². The van der Waals surface area contributed by atoms with Crippen LogP contribution in [0.2, 0.25) is 0 Å². The smallest absolute Gasteiger partial charge is 0.341 e. The van der Waals surface area contributed by atoms with Crippen LogP contribution in [0, 0.1) is 0 Å². The number of hydrogen-bond acceptors (Lipinski definition) is 4. The number of alkyl halides is 2. The maximum absolute atomic E-state index is 12.7. The molecule has 0 fully saturated rings. The molecule has 0 spiro atoms.